The molecule has 1 atom stereocenters. The SMILES string of the molecule is CC1CC(=O)N(C(C)(C)CCOC(C)(C)CCF)C1=O. The van der Waals surface area contributed by atoms with E-state index in [4.69, 9.17) is 4.74 Å². The molecule has 1 aliphatic rings. The van der Waals surface area contributed by atoms with Crippen LogP contribution in [0.15, 0.2) is 0 Å². The summed E-state index contributed by atoms with van der Waals surface area (Å²) in [6.45, 7) is 9.17. The Morgan fingerprint density at radius 2 is 1.85 bits per heavy atom. The fraction of sp³-hybridized carbons (Fsp3) is 0.867. The number of carbonyl (C=O) groups excluding carboxylic acids is 2. The molecule has 1 rings (SSSR count). The first-order valence-corrected chi connectivity index (χ1v) is 7.17. The van der Waals surface area contributed by atoms with E-state index < -0.39 is 17.8 Å². The van der Waals surface area contributed by atoms with Crippen molar-refractivity contribution in [3.8, 4) is 0 Å². The summed E-state index contributed by atoms with van der Waals surface area (Å²) in [5.74, 6) is -0.454. The normalized spacial score (nSPS) is 20.9. The molecule has 2 amide bonds. The van der Waals surface area contributed by atoms with Crippen LogP contribution in [-0.2, 0) is 14.3 Å². The summed E-state index contributed by atoms with van der Waals surface area (Å²) in [6, 6.07) is 0. The molecule has 0 aromatic carbocycles. The zero-order valence-electron chi connectivity index (χ0n) is 13.2. The van der Waals surface area contributed by atoms with E-state index in [1.807, 2.05) is 27.7 Å². The predicted octanol–water partition coefficient (Wildman–Crippen LogP) is 2.70. The first kappa shape index (κ1) is 17.1. The third kappa shape index (κ3) is 4.01. The van der Waals surface area contributed by atoms with Gasteiger partial charge in [-0.1, -0.05) is 6.92 Å². The van der Waals surface area contributed by atoms with Gasteiger partial charge < -0.3 is 4.74 Å². The summed E-state index contributed by atoms with van der Waals surface area (Å²) < 4.78 is 18.0. The van der Waals surface area contributed by atoms with E-state index in [1.54, 1.807) is 6.92 Å². The van der Waals surface area contributed by atoms with Gasteiger partial charge in [-0.3, -0.25) is 18.9 Å². The van der Waals surface area contributed by atoms with E-state index in [2.05, 4.69) is 0 Å². The molecule has 1 saturated heterocycles. The fourth-order valence-electron chi connectivity index (χ4n) is 2.41. The maximum Gasteiger partial charge on any atom is 0.233 e. The highest BCUT2D eigenvalue weighted by Gasteiger charge is 2.43. The van der Waals surface area contributed by atoms with E-state index in [1.165, 1.54) is 4.90 Å². The quantitative estimate of drug-likeness (QED) is 0.676. The number of alkyl halides is 1. The van der Waals surface area contributed by atoms with Gasteiger partial charge in [-0.15, -0.1) is 0 Å². The molecular formula is C15H26FNO3. The predicted molar refractivity (Wildman–Crippen MR) is 75.0 cm³/mol. The lowest BCUT2D eigenvalue weighted by Gasteiger charge is -2.35. The molecule has 0 spiro atoms. The second kappa shape index (κ2) is 6.20. The lowest BCUT2D eigenvalue weighted by Crippen LogP contribution is -2.48. The lowest BCUT2D eigenvalue weighted by molar-refractivity contribution is -0.146. The van der Waals surface area contributed by atoms with E-state index in [9.17, 15) is 14.0 Å². The molecule has 1 aliphatic heterocycles. The summed E-state index contributed by atoms with van der Waals surface area (Å²) in [5, 5.41) is 0. The average molecular weight is 287 g/mol. The van der Waals surface area contributed by atoms with Gasteiger partial charge in [0.05, 0.1) is 12.3 Å². The maximum absolute atomic E-state index is 12.4. The molecule has 1 heterocycles. The second-order valence-corrected chi connectivity index (χ2v) is 6.78. The molecule has 0 saturated carbocycles. The second-order valence-electron chi connectivity index (χ2n) is 6.78. The molecule has 5 heteroatoms. The molecule has 0 aliphatic carbocycles. The molecule has 116 valence electrons. The number of imide groups is 1. The standard InChI is InChI=1S/C15H26FNO3/c1-11-10-12(18)17(13(11)19)14(2,3)7-9-20-15(4,5)6-8-16/h11H,6-10H2,1-5H3. The Labute approximate surface area is 120 Å². The van der Waals surface area contributed by atoms with Crippen molar-refractivity contribution in [1.82, 2.24) is 4.90 Å². The van der Waals surface area contributed by atoms with Crippen molar-refractivity contribution >= 4 is 11.8 Å². The van der Waals surface area contributed by atoms with Crippen molar-refractivity contribution in [2.24, 2.45) is 5.92 Å². The Hall–Kier alpha value is -0.970. The Morgan fingerprint density at radius 3 is 2.30 bits per heavy atom. The number of carbonyl (C=O) groups is 2. The van der Waals surface area contributed by atoms with Gasteiger partial charge in [0.1, 0.15) is 0 Å². The van der Waals surface area contributed by atoms with Crippen LogP contribution in [-0.4, -0.2) is 41.1 Å². The van der Waals surface area contributed by atoms with Gasteiger partial charge in [0.15, 0.2) is 0 Å². The minimum atomic E-state index is -0.565. The number of halogens is 1. The zero-order chi connectivity index (χ0) is 15.6. The molecule has 0 N–H and O–H groups in total. The Balaban J connectivity index is 2.58. The van der Waals surface area contributed by atoms with Crippen LogP contribution in [0.25, 0.3) is 0 Å². The highest BCUT2D eigenvalue weighted by molar-refractivity contribution is 6.04. The van der Waals surface area contributed by atoms with Crippen molar-refractivity contribution in [3.05, 3.63) is 0 Å². The number of likely N-dealkylation sites (tertiary alicyclic amines) is 1. The van der Waals surface area contributed by atoms with Crippen LogP contribution in [0.3, 0.4) is 0 Å². The minimum Gasteiger partial charge on any atom is -0.375 e. The van der Waals surface area contributed by atoms with Gasteiger partial charge in [0.2, 0.25) is 11.8 Å². The van der Waals surface area contributed by atoms with Crippen LogP contribution in [0.2, 0.25) is 0 Å². The van der Waals surface area contributed by atoms with Gasteiger partial charge in [0.25, 0.3) is 0 Å². The highest BCUT2D eigenvalue weighted by Crippen LogP contribution is 2.30. The smallest absolute Gasteiger partial charge is 0.233 e. The van der Waals surface area contributed by atoms with Crippen molar-refractivity contribution < 1.29 is 18.7 Å². The lowest BCUT2D eigenvalue weighted by atomic mass is 9.98. The molecule has 0 bridgehead atoms. The van der Waals surface area contributed by atoms with Crippen LogP contribution in [0.5, 0.6) is 0 Å². The number of amides is 2. The first-order chi connectivity index (χ1) is 9.10. The Morgan fingerprint density at radius 1 is 1.25 bits per heavy atom. The van der Waals surface area contributed by atoms with Crippen molar-refractivity contribution in [2.45, 2.75) is 65.0 Å². The molecule has 0 aromatic rings. The molecule has 0 aromatic heterocycles. The average Bonchev–Trinajstić information content (AvgIpc) is 2.52. The van der Waals surface area contributed by atoms with Crippen molar-refractivity contribution in [2.75, 3.05) is 13.3 Å². The molecule has 4 nitrogen and oxygen atoms in total. The van der Waals surface area contributed by atoms with Crippen molar-refractivity contribution in [1.29, 1.82) is 0 Å². The van der Waals surface area contributed by atoms with E-state index in [0.717, 1.165) is 0 Å². The van der Waals surface area contributed by atoms with Gasteiger partial charge in [-0.05, 0) is 34.1 Å². The monoisotopic (exact) mass is 287 g/mol. The number of ether oxygens (including phenoxy) is 1. The number of hydrogen-bond acceptors (Lipinski definition) is 3. The summed E-state index contributed by atoms with van der Waals surface area (Å²) in [7, 11) is 0. The van der Waals surface area contributed by atoms with Crippen molar-refractivity contribution in [3.63, 3.8) is 0 Å². The van der Waals surface area contributed by atoms with E-state index in [0.29, 0.717) is 19.4 Å². The van der Waals surface area contributed by atoms with Gasteiger partial charge in [0, 0.05) is 30.9 Å². The van der Waals surface area contributed by atoms with Crippen LogP contribution in [0.4, 0.5) is 4.39 Å². The summed E-state index contributed by atoms with van der Waals surface area (Å²) in [6.07, 6.45) is 1.18. The summed E-state index contributed by atoms with van der Waals surface area (Å²) >= 11 is 0. The molecule has 1 unspecified atom stereocenters. The Kier molecular flexibility index (Phi) is 5.30. The van der Waals surface area contributed by atoms with Crippen LogP contribution in [0.1, 0.15) is 53.9 Å². The summed E-state index contributed by atoms with van der Waals surface area (Å²) in [5.41, 5.74) is -1.08. The summed E-state index contributed by atoms with van der Waals surface area (Å²) in [4.78, 5) is 25.3. The largest absolute Gasteiger partial charge is 0.375 e. The number of rotatable bonds is 7. The topological polar surface area (TPSA) is 46.6 Å². The highest BCUT2D eigenvalue weighted by atomic mass is 19.1. The van der Waals surface area contributed by atoms with Gasteiger partial charge in [-0.25, -0.2) is 0 Å². The maximum atomic E-state index is 12.4. The number of hydrogen-bond donors (Lipinski definition) is 0. The third-order valence-corrected chi connectivity index (χ3v) is 3.88. The molecule has 0 radical (unpaired) electrons. The first-order valence-electron chi connectivity index (χ1n) is 7.17. The number of nitrogens with zero attached hydrogens (tertiary/aromatic N) is 1. The van der Waals surface area contributed by atoms with E-state index in [-0.39, 0.29) is 24.2 Å². The zero-order valence-corrected chi connectivity index (χ0v) is 13.2. The minimum absolute atomic E-state index is 0.108. The molecule has 20 heavy (non-hydrogen) atoms. The molecule has 1 fully saturated rings. The third-order valence-electron chi connectivity index (χ3n) is 3.88. The van der Waals surface area contributed by atoms with Crippen LogP contribution < -0.4 is 0 Å². The van der Waals surface area contributed by atoms with Crippen LogP contribution in [0, 0.1) is 5.92 Å². The van der Waals surface area contributed by atoms with Gasteiger partial charge in [-0.2, -0.15) is 0 Å². The van der Waals surface area contributed by atoms with Gasteiger partial charge >= 0.3 is 0 Å². The Bertz CT molecular complexity index is 379. The van der Waals surface area contributed by atoms with Crippen LogP contribution >= 0.6 is 0 Å². The molecular weight excluding hydrogens is 261 g/mol. The fourth-order valence-corrected chi connectivity index (χ4v) is 2.41. The van der Waals surface area contributed by atoms with E-state index >= 15 is 0 Å².